The molecule has 9 heteroatoms. The smallest absolute Gasteiger partial charge is 0.191 e. The van der Waals surface area contributed by atoms with E-state index in [1.807, 2.05) is 30.8 Å². The van der Waals surface area contributed by atoms with Gasteiger partial charge in [0.1, 0.15) is 5.82 Å². The van der Waals surface area contributed by atoms with Crippen LogP contribution in [-0.4, -0.2) is 60.0 Å². The number of ether oxygens (including phenoxy) is 1. The van der Waals surface area contributed by atoms with Crippen LogP contribution in [0.5, 0.6) is 0 Å². The lowest BCUT2D eigenvalue weighted by Crippen LogP contribution is -2.46. The van der Waals surface area contributed by atoms with E-state index in [4.69, 9.17) is 9.73 Å². The average Bonchev–Trinajstić information content (AvgIpc) is 2.99. The van der Waals surface area contributed by atoms with Crippen LogP contribution in [0.25, 0.3) is 0 Å². The summed E-state index contributed by atoms with van der Waals surface area (Å²) in [4.78, 5) is 7.16. The summed E-state index contributed by atoms with van der Waals surface area (Å²) in [5.41, 5.74) is 4.37. The van der Waals surface area contributed by atoms with Crippen molar-refractivity contribution in [3.8, 4) is 0 Å². The first kappa shape index (κ1) is 25.5. The molecule has 1 aromatic heterocycles. The van der Waals surface area contributed by atoms with Gasteiger partial charge in [-0.15, -0.1) is 24.0 Å². The number of halogens is 2. The lowest BCUT2D eigenvalue weighted by atomic mass is 10.0. The van der Waals surface area contributed by atoms with Crippen LogP contribution in [0.2, 0.25) is 0 Å². The van der Waals surface area contributed by atoms with E-state index in [2.05, 4.69) is 34.5 Å². The summed E-state index contributed by atoms with van der Waals surface area (Å²) in [5, 5.41) is 11.3. The molecule has 1 saturated heterocycles. The second kappa shape index (κ2) is 12.4. The number of aryl methyl sites for hydroxylation is 2. The van der Waals surface area contributed by atoms with Gasteiger partial charge in [-0.2, -0.15) is 5.10 Å². The molecule has 0 aliphatic carbocycles. The van der Waals surface area contributed by atoms with Gasteiger partial charge in [0.25, 0.3) is 0 Å². The fraction of sp³-hybridized carbons (Fsp3) is 0.545. The molecule has 31 heavy (non-hydrogen) atoms. The van der Waals surface area contributed by atoms with Crippen LogP contribution in [0.4, 0.5) is 4.39 Å². The fourth-order valence-electron chi connectivity index (χ4n) is 3.77. The highest BCUT2D eigenvalue weighted by Gasteiger charge is 2.23. The number of aromatic nitrogens is 2. The number of nitrogens with one attached hydrogen (secondary N) is 2. The lowest BCUT2D eigenvalue weighted by molar-refractivity contribution is 0.0170. The van der Waals surface area contributed by atoms with Crippen LogP contribution in [0.1, 0.15) is 35.5 Å². The van der Waals surface area contributed by atoms with Crippen molar-refractivity contribution in [2.45, 2.75) is 33.4 Å². The summed E-state index contributed by atoms with van der Waals surface area (Å²) in [6, 6.07) is 6.89. The third-order valence-electron chi connectivity index (χ3n) is 5.60. The van der Waals surface area contributed by atoms with Crippen molar-refractivity contribution in [2.24, 2.45) is 12.0 Å². The minimum atomic E-state index is -0.218. The molecule has 0 bridgehead atoms. The number of morpholine rings is 1. The summed E-state index contributed by atoms with van der Waals surface area (Å²) in [5.74, 6) is 0.546. The van der Waals surface area contributed by atoms with E-state index in [1.54, 1.807) is 0 Å². The van der Waals surface area contributed by atoms with Gasteiger partial charge >= 0.3 is 0 Å². The Hall–Kier alpha value is -1.72. The highest BCUT2D eigenvalue weighted by Crippen LogP contribution is 2.21. The monoisotopic (exact) mass is 544 g/mol. The first-order valence-electron chi connectivity index (χ1n) is 10.6. The van der Waals surface area contributed by atoms with E-state index in [0.717, 1.165) is 48.1 Å². The molecule has 1 aromatic carbocycles. The van der Waals surface area contributed by atoms with Crippen LogP contribution in [0.15, 0.2) is 29.3 Å². The molecule has 3 rings (SSSR count). The predicted octanol–water partition coefficient (Wildman–Crippen LogP) is 2.92. The number of hydrogen-bond acceptors (Lipinski definition) is 4. The zero-order valence-corrected chi connectivity index (χ0v) is 21.2. The van der Waals surface area contributed by atoms with Crippen molar-refractivity contribution in [2.75, 3.05) is 39.4 Å². The standard InChI is InChI=1S/C22H33FN6O.HI/c1-5-24-22(25-14-20-16(2)27-28(4)17(20)3)26-15-21(29-10-12-30-13-11-29)18-6-8-19(23)9-7-18;/h6-9,21H,5,10-15H2,1-4H3,(H2,24,25,26);1H. The summed E-state index contributed by atoms with van der Waals surface area (Å²) >= 11 is 0. The first-order valence-corrected chi connectivity index (χ1v) is 10.6. The largest absolute Gasteiger partial charge is 0.379 e. The Morgan fingerprint density at radius 3 is 2.45 bits per heavy atom. The maximum absolute atomic E-state index is 13.5. The molecule has 2 heterocycles. The predicted molar refractivity (Wildman–Crippen MR) is 132 cm³/mol. The number of hydrogen-bond donors (Lipinski definition) is 2. The SMILES string of the molecule is CCNC(=NCc1c(C)nn(C)c1C)NCC(c1ccc(F)cc1)N1CCOCC1.I. The Kier molecular flexibility index (Phi) is 10.2. The maximum atomic E-state index is 13.5. The molecular formula is C22H34FIN6O. The number of guanidine groups is 1. The average molecular weight is 544 g/mol. The molecule has 2 aromatic rings. The van der Waals surface area contributed by atoms with Gasteiger partial charge in [0.2, 0.25) is 0 Å². The number of nitrogens with zero attached hydrogens (tertiary/aromatic N) is 4. The summed E-state index contributed by atoms with van der Waals surface area (Å²) in [6.07, 6.45) is 0. The Labute approximate surface area is 201 Å². The fourth-order valence-corrected chi connectivity index (χ4v) is 3.77. The van der Waals surface area contributed by atoms with E-state index >= 15 is 0 Å². The third-order valence-corrected chi connectivity index (χ3v) is 5.60. The van der Waals surface area contributed by atoms with Gasteiger partial charge in [0.05, 0.1) is 31.5 Å². The van der Waals surface area contributed by atoms with Gasteiger partial charge in [-0.3, -0.25) is 9.58 Å². The maximum Gasteiger partial charge on any atom is 0.191 e. The van der Waals surface area contributed by atoms with E-state index < -0.39 is 0 Å². The summed E-state index contributed by atoms with van der Waals surface area (Å²) in [6.45, 7) is 11.3. The van der Waals surface area contributed by atoms with Crippen LogP contribution in [0, 0.1) is 19.7 Å². The van der Waals surface area contributed by atoms with Crippen molar-refractivity contribution in [3.05, 3.63) is 52.6 Å². The minimum Gasteiger partial charge on any atom is -0.379 e. The van der Waals surface area contributed by atoms with E-state index in [1.165, 1.54) is 12.1 Å². The molecule has 7 nitrogen and oxygen atoms in total. The van der Waals surface area contributed by atoms with Crippen LogP contribution < -0.4 is 10.6 Å². The molecule has 0 saturated carbocycles. The van der Waals surface area contributed by atoms with Crippen LogP contribution >= 0.6 is 24.0 Å². The molecule has 172 valence electrons. The molecule has 1 fully saturated rings. The van der Waals surface area contributed by atoms with Crippen molar-refractivity contribution in [3.63, 3.8) is 0 Å². The Morgan fingerprint density at radius 1 is 1.19 bits per heavy atom. The van der Waals surface area contributed by atoms with Crippen molar-refractivity contribution >= 4 is 29.9 Å². The molecule has 2 N–H and O–H groups in total. The third kappa shape index (κ3) is 6.88. The van der Waals surface area contributed by atoms with Crippen molar-refractivity contribution in [1.82, 2.24) is 25.3 Å². The van der Waals surface area contributed by atoms with Crippen LogP contribution in [0.3, 0.4) is 0 Å². The Morgan fingerprint density at radius 2 is 1.87 bits per heavy atom. The van der Waals surface area contributed by atoms with Gasteiger partial charge < -0.3 is 15.4 Å². The number of aliphatic imine (C=N–C) groups is 1. The second-order valence-corrected chi connectivity index (χ2v) is 7.56. The van der Waals surface area contributed by atoms with Gasteiger partial charge in [0, 0.05) is 44.5 Å². The van der Waals surface area contributed by atoms with E-state index in [-0.39, 0.29) is 35.8 Å². The molecule has 0 amide bonds. The summed E-state index contributed by atoms with van der Waals surface area (Å²) in [7, 11) is 1.95. The molecule has 1 atom stereocenters. The lowest BCUT2D eigenvalue weighted by Gasteiger charge is -2.35. The minimum absolute atomic E-state index is 0. The highest BCUT2D eigenvalue weighted by molar-refractivity contribution is 14.0. The van der Waals surface area contributed by atoms with Crippen molar-refractivity contribution < 1.29 is 9.13 Å². The van der Waals surface area contributed by atoms with E-state index in [9.17, 15) is 4.39 Å². The normalized spacial score (nSPS) is 16.0. The molecule has 0 spiro atoms. The Balaban J connectivity index is 0.00000341. The zero-order valence-electron chi connectivity index (χ0n) is 18.8. The molecule has 0 radical (unpaired) electrons. The number of rotatable bonds is 7. The highest BCUT2D eigenvalue weighted by atomic mass is 127. The summed E-state index contributed by atoms with van der Waals surface area (Å²) < 4.78 is 20.9. The van der Waals surface area contributed by atoms with Crippen molar-refractivity contribution in [1.29, 1.82) is 0 Å². The van der Waals surface area contributed by atoms with Crippen LogP contribution in [-0.2, 0) is 18.3 Å². The Bertz CT molecular complexity index is 848. The van der Waals surface area contributed by atoms with Gasteiger partial charge in [-0.1, -0.05) is 12.1 Å². The zero-order chi connectivity index (χ0) is 21.5. The second-order valence-electron chi connectivity index (χ2n) is 7.56. The molecule has 1 unspecified atom stereocenters. The quantitative estimate of drug-likeness (QED) is 0.319. The van der Waals surface area contributed by atoms with Gasteiger partial charge in [0.15, 0.2) is 5.96 Å². The number of benzene rings is 1. The first-order chi connectivity index (χ1) is 14.5. The topological polar surface area (TPSA) is 66.7 Å². The molecular weight excluding hydrogens is 510 g/mol. The molecule has 1 aliphatic rings. The van der Waals surface area contributed by atoms with Gasteiger partial charge in [-0.25, -0.2) is 9.38 Å². The molecule has 1 aliphatic heterocycles. The van der Waals surface area contributed by atoms with E-state index in [0.29, 0.717) is 26.3 Å². The van der Waals surface area contributed by atoms with Gasteiger partial charge in [-0.05, 0) is 38.5 Å².